The Morgan fingerprint density at radius 1 is 1.15 bits per heavy atom. The van der Waals surface area contributed by atoms with Crippen LogP contribution in [0.2, 0.25) is 5.02 Å². The molecule has 1 amide bonds. The molecule has 4 rings (SSSR count). The topological polar surface area (TPSA) is 89.4 Å². The van der Waals surface area contributed by atoms with Crippen molar-refractivity contribution in [2.45, 2.75) is 30.9 Å². The molecule has 0 aromatic heterocycles. The highest BCUT2D eigenvalue weighted by Gasteiger charge is 2.52. The van der Waals surface area contributed by atoms with Gasteiger partial charge in [0.05, 0.1) is 13.7 Å². The second-order valence-electron chi connectivity index (χ2n) is 9.19. The summed E-state index contributed by atoms with van der Waals surface area (Å²) in [6.45, 7) is 4.84. The van der Waals surface area contributed by atoms with E-state index in [4.69, 9.17) is 35.9 Å². The largest absolute Gasteiger partial charge is 0.497 e. The number of halogens is 1. The van der Waals surface area contributed by atoms with Crippen molar-refractivity contribution in [3.63, 3.8) is 0 Å². The van der Waals surface area contributed by atoms with Crippen molar-refractivity contribution < 1.29 is 24.1 Å². The van der Waals surface area contributed by atoms with Gasteiger partial charge in [-0.05, 0) is 66.1 Å². The van der Waals surface area contributed by atoms with Crippen LogP contribution in [0.15, 0.2) is 90.4 Å². The Hall–Kier alpha value is -3.81. The number of hydrogen-bond donors (Lipinski definition) is 2. The maximum Gasteiger partial charge on any atom is 0.252 e. The minimum absolute atomic E-state index is 0.0710. The number of amides is 1. The first-order valence-corrected chi connectivity index (χ1v) is 13.2. The maximum atomic E-state index is 13.9. The van der Waals surface area contributed by atoms with Crippen LogP contribution in [0.4, 0.5) is 0 Å². The molecule has 8 heteroatoms. The van der Waals surface area contributed by atoms with Crippen LogP contribution in [0.5, 0.6) is 11.5 Å². The van der Waals surface area contributed by atoms with Crippen LogP contribution in [0.1, 0.15) is 35.6 Å². The lowest BCUT2D eigenvalue weighted by atomic mass is 9.84. The molecule has 3 aromatic carbocycles. The SMILES string of the molecule is C=CC[C@@]1(C(=O)NCCc2ccc(Cl)cc2)N=C(c2ccc(OCCCO)cc2)O[C@@H]1c1cccc(OC)c1. The zero-order valence-corrected chi connectivity index (χ0v) is 22.7. The van der Waals surface area contributed by atoms with Crippen LogP contribution < -0.4 is 14.8 Å². The van der Waals surface area contributed by atoms with Crippen LogP contribution in [0.3, 0.4) is 0 Å². The predicted molar refractivity (Wildman–Crippen MR) is 153 cm³/mol. The number of hydrogen-bond acceptors (Lipinski definition) is 6. The molecule has 0 radical (unpaired) electrons. The zero-order chi connectivity index (χ0) is 27.7. The Balaban J connectivity index is 1.62. The molecule has 1 aliphatic rings. The van der Waals surface area contributed by atoms with E-state index in [0.29, 0.717) is 48.4 Å². The van der Waals surface area contributed by atoms with Crippen molar-refractivity contribution in [1.82, 2.24) is 5.32 Å². The number of nitrogens with one attached hydrogen (secondary N) is 1. The van der Waals surface area contributed by atoms with Gasteiger partial charge in [-0.3, -0.25) is 4.79 Å². The highest BCUT2D eigenvalue weighted by Crippen LogP contribution is 2.43. The summed E-state index contributed by atoms with van der Waals surface area (Å²) in [6, 6.07) is 22.4. The van der Waals surface area contributed by atoms with E-state index >= 15 is 0 Å². The number of aliphatic hydroxyl groups excluding tert-OH is 1. The van der Waals surface area contributed by atoms with Crippen LogP contribution in [-0.4, -0.2) is 49.3 Å². The summed E-state index contributed by atoms with van der Waals surface area (Å²) < 4.78 is 17.5. The standard InChI is InChI=1S/C31H33ClN2O5/c1-3-17-31(30(36)33-18-16-22-8-12-25(32)13-9-22)28(24-6-4-7-27(21-24)37-2)39-29(34-31)23-10-14-26(15-11-23)38-20-5-19-35/h3-4,6-15,21,28,35H,1,5,16-20H2,2H3,(H,33,36)/t28-,31-/m1/s1. The van der Waals surface area contributed by atoms with E-state index in [1.165, 1.54) is 0 Å². The van der Waals surface area contributed by atoms with Gasteiger partial charge in [0, 0.05) is 36.6 Å². The summed E-state index contributed by atoms with van der Waals surface area (Å²) in [6.07, 6.45) is 2.47. The fourth-order valence-corrected chi connectivity index (χ4v) is 4.59. The van der Waals surface area contributed by atoms with Gasteiger partial charge >= 0.3 is 0 Å². The van der Waals surface area contributed by atoms with E-state index in [-0.39, 0.29) is 18.9 Å². The molecule has 204 valence electrons. The van der Waals surface area contributed by atoms with Gasteiger partial charge in [0.15, 0.2) is 11.6 Å². The molecule has 1 aliphatic heterocycles. The lowest BCUT2D eigenvalue weighted by molar-refractivity contribution is -0.128. The summed E-state index contributed by atoms with van der Waals surface area (Å²) >= 11 is 6.00. The van der Waals surface area contributed by atoms with E-state index in [1.54, 1.807) is 13.2 Å². The van der Waals surface area contributed by atoms with Crippen molar-refractivity contribution in [3.05, 3.63) is 107 Å². The summed E-state index contributed by atoms with van der Waals surface area (Å²) in [5, 5.41) is 12.7. The van der Waals surface area contributed by atoms with Crippen LogP contribution in [0, 0.1) is 0 Å². The van der Waals surface area contributed by atoms with Crippen LogP contribution >= 0.6 is 11.6 Å². The summed E-state index contributed by atoms with van der Waals surface area (Å²) in [4.78, 5) is 18.8. The average molecular weight is 549 g/mol. The number of carbonyl (C=O) groups excluding carboxylic acids is 1. The Bertz CT molecular complexity index is 1290. The van der Waals surface area contributed by atoms with Gasteiger partial charge in [0.1, 0.15) is 11.5 Å². The van der Waals surface area contributed by atoms with Crippen molar-refractivity contribution in [1.29, 1.82) is 0 Å². The molecular formula is C31H33ClN2O5. The van der Waals surface area contributed by atoms with Gasteiger partial charge < -0.3 is 24.6 Å². The van der Waals surface area contributed by atoms with Crippen LogP contribution in [0.25, 0.3) is 0 Å². The van der Waals surface area contributed by atoms with Gasteiger partial charge in [-0.25, -0.2) is 4.99 Å². The van der Waals surface area contributed by atoms with Crippen LogP contribution in [-0.2, 0) is 16.0 Å². The Morgan fingerprint density at radius 3 is 2.62 bits per heavy atom. The highest BCUT2D eigenvalue weighted by atomic mass is 35.5. The number of nitrogens with zero attached hydrogens (tertiary/aromatic N) is 1. The fourth-order valence-electron chi connectivity index (χ4n) is 4.46. The quantitative estimate of drug-likeness (QED) is 0.223. The van der Waals surface area contributed by atoms with E-state index in [1.807, 2.05) is 72.8 Å². The Labute approximate surface area is 234 Å². The molecule has 3 aromatic rings. The smallest absolute Gasteiger partial charge is 0.252 e. The second-order valence-corrected chi connectivity index (χ2v) is 9.63. The Morgan fingerprint density at radius 2 is 1.92 bits per heavy atom. The first-order chi connectivity index (χ1) is 19.0. The third-order valence-corrected chi connectivity index (χ3v) is 6.75. The molecular weight excluding hydrogens is 516 g/mol. The first-order valence-electron chi connectivity index (χ1n) is 12.9. The molecule has 2 N–H and O–H groups in total. The predicted octanol–water partition coefficient (Wildman–Crippen LogP) is 5.30. The number of aliphatic hydroxyl groups is 1. The molecule has 0 spiro atoms. The summed E-state index contributed by atoms with van der Waals surface area (Å²) in [7, 11) is 1.60. The van der Waals surface area contributed by atoms with E-state index < -0.39 is 11.6 Å². The maximum absolute atomic E-state index is 13.9. The van der Waals surface area contributed by atoms with Gasteiger partial charge in [-0.2, -0.15) is 0 Å². The van der Waals surface area contributed by atoms with E-state index in [0.717, 1.165) is 16.7 Å². The van der Waals surface area contributed by atoms with Gasteiger partial charge in [0.25, 0.3) is 5.91 Å². The number of carbonyl (C=O) groups is 1. The number of methoxy groups -OCH3 is 1. The molecule has 0 saturated heterocycles. The number of rotatable bonds is 13. The number of aliphatic imine (C=N–C) groups is 1. The fraction of sp³-hybridized carbons (Fsp3) is 0.290. The third-order valence-electron chi connectivity index (χ3n) is 6.49. The lowest BCUT2D eigenvalue weighted by Gasteiger charge is -2.30. The molecule has 0 unspecified atom stereocenters. The van der Waals surface area contributed by atoms with Crippen molar-refractivity contribution in [2.24, 2.45) is 4.99 Å². The monoisotopic (exact) mass is 548 g/mol. The first kappa shape index (κ1) is 28.2. The molecule has 0 fully saturated rings. The molecule has 0 saturated carbocycles. The average Bonchev–Trinajstić information content (AvgIpc) is 3.35. The Kier molecular flexibility index (Phi) is 9.63. The summed E-state index contributed by atoms with van der Waals surface area (Å²) in [5.74, 6) is 1.44. The van der Waals surface area contributed by atoms with Gasteiger partial charge in [-0.1, -0.05) is 41.9 Å². The third kappa shape index (κ3) is 6.80. The van der Waals surface area contributed by atoms with Crippen molar-refractivity contribution in [3.8, 4) is 11.5 Å². The zero-order valence-electron chi connectivity index (χ0n) is 21.9. The van der Waals surface area contributed by atoms with Gasteiger partial charge in [-0.15, -0.1) is 6.58 Å². The molecule has 0 aliphatic carbocycles. The lowest BCUT2D eigenvalue weighted by Crippen LogP contribution is -2.48. The number of benzene rings is 3. The molecule has 1 heterocycles. The minimum atomic E-state index is -1.26. The number of ether oxygens (including phenoxy) is 3. The van der Waals surface area contributed by atoms with Crippen molar-refractivity contribution in [2.75, 3.05) is 26.9 Å². The molecule has 2 atom stereocenters. The highest BCUT2D eigenvalue weighted by molar-refractivity contribution is 6.30. The molecule has 0 bridgehead atoms. The second kappa shape index (κ2) is 13.3. The van der Waals surface area contributed by atoms with Crippen molar-refractivity contribution >= 4 is 23.4 Å². The molecule has 7 nitrogen and oxygen atoms in total. The summed E-state index contributed by atoms with van der Waals surface area (Å²) in [5.41, 5.74) is 1.29. The minimum Gasteiger partial charge on any atom is -0.497 e. The molecule has 39 heavy (non-hydrogen) atoms. The van der Waals surface area contributed by atoms with E-state index in [9.17, 15) is 4.79 Å². The normalized spacial score (nSPS) is 18.1. The van der Waals surface area contributed by atoms with Gasteiger partial charge in [0.2, 0.25) is 5.90 Å². The van der Waals surface area contributed by atoms with E-state index in [2.05, 4.69) is 11.9 Å².